The zero-order valence-electron chi connectivity index (χ0n) is 20.7. The van der Waals surface area contributed by atoms with Crippen LogP contribution >= 0.6 is 0 Å². The summed E-state index contributed by atoms with van der Waals surface area (Å²) in [5.74, 6) is -0.435. The molecule has 2 N–H and O–H groups in total. The summed E-state index contributed by atoms with van der Waals surface area (Å²) in [6.07, 6.45) is 1.03. The molecule has 0 unspecified atom stereocenters. The number of piperazine rings is 1. The van der Waals surface area contributed by atoms with Gasteiger partial charge in [-0.2, -0.15) is 0 Å². The second kappa shape index (κ2) is 8.65. The van der Waals surface area contributed by atoms with Gasteiger partial charge in [0.2, 0.25) is 5.91 Å². The maximum atomic E-state index is 13.0. The van der Waals surface area contributed by atoms with Gasteiger partial charge in [-0.15, -0.1) is 0 Å². The first-order chi connectivity index (χ1) is 17.1. The zero-order chi connectivity index (χ0) is 25.7. The molecule has 36 heavy (non-hydrogen) atoms. The Balaban J connectivity index is 1.25. The van der Waals surface area contributed by atoms with Crippen molar-refractivity contribution in [2.75, 3.05) is 26.2 Å². The molecule has 0 radical (unpaired) electrons. The van der Waals surface area contributed by atoms with Crippen molar-refractivity contribution in [2.24, 2.45) is 5.73 Å². The van der Waals surface area contributed by atoms with Gasteiger partial charge < -0.3 is 24.8 Å². The van der Waals surface area contributed by atoms with Crippen molar-refractivity contribution in [3.8, 4) is 11.1 Å². The quantitative estimate of drug-likeness (QED) is 0.596. The first kappa shape index (κ1) is 23.8. The Morgan fingerprint density at radius 3 is 2.14 bits per heavy atom. The average Bonchev–Trinajstić information content (AvgIpc) is 3.56. The molecule has 0 bridgehead atoms. The molecule has 2 aromatic carbocycles. The number of benzene rings is 2. The van der Waals surface area contributed by atoms with Crippen LogP contribution in [0, 0.1) is 0 Å². The van der Waals surface area contributed by atoms with Crippen molar-refractivity contribution < 1.29 is 23.6 Å². The molecular weight excluding hydrogens is 460 g/mol. The smallest absolute Gasteiger partial charge is 0.410 e. The van der Waals surface area contributed by atoms with Crippen LogP contribution < -0.4 is 5.73 Å². The van der Waals surface area contributed by atoms with Gasteiger partial charge in [-0.1, -0.05) is 23.4 Å². The van der Waals surface area contributed by atoms with E-state index in [1.807, 2.05) is 51.1 Å². The van der Waals surface area contributed by atoms with Crippen molar-refractivity contribution in [2.45, 2.75) is 44.6 Å². The molecule has 1 aliphatic heterocycles. The number of carbonyl (C=O) groups is 3. The van der Waals surface area contributed by atoms with Crippen LogP contribution in [-0.4, -0.2) is 64.6 Å². The first-order valence-electron chi connectivity index (χ1n) is 12.1. The van der Waals surface area contributed by atoms with E-state index in [0.717, 1.165) is 16.5 Å². The van der Waals surface area contributed by atoms with Crippen LogP contribution in [0.2, 0.25) is 0 Å². The van der Waals surface area contributed by atoms with Gasteiger partial charge in [-0.3, -0.25) is 9.59 Å². The van der Waals surface area contributed by atoms with E-state index in [9.17, 15) is 14.4 Å². The van der Waals surface area contributed by atoms with E-state index in [0.29, 0.717) is 55.9 Å². The standard InChI is InChI=1S/C27H30N4O5/c1-26(2,3)35-25(34)31-14-12-30(13-15-31)23(32)18-6-4-17(5-7-18)19-8-9-20-21(16-19)36-29-22(20)27(10-11-27)24(28)33/h4-9,16H,10-15H2,1-3H3,(H2,28,33). The Morgan fingerprint density at radius 1 is 0.944 bits per heavy atom. The number of amides is 3. The van der Waals surface area contributed by atoms with Gasteiger partial charge in [-0.25, -0.2) is 4.79 Å². The molecule has 2 fully saturated rings. The molecule has 9 heteroatoms. The number of nitrogens with two attached hydrogens (primary N) is 1. The Bertz CT molecular complexity index is 1330. The SMILES string of the molecule is CC(C)(C)OC(=O)N1CCN(C(=O)c2ccc(-c3ccc4c(C5(C(N)=O)CC5)noc4c3)cc2)CC1. The highest BCUT2D eigenvalue weighted by Crippen LogP contribution is 2.49. The summed E-state index contributed by atoms with van der Waals surface area (Å²) in [7, 11) is 0. The lowest BCUT2D eigenvalue weighted by Crippen LogP contribution is -2.51. The third kappa shape index (κ3) is 4.41. The molecule has 0 spiro atoms. The second-order valence-electron chi connectivity index (χ2n) is 10.5. The monoisotopic (exact) mass is 490 g/mol. The number of primary amides is 1. The summed E-state index contributed by atoms with van der Waals surface area (Å²) >= 11 is 0. The van der Waals surface area contributed by atoms with Crippen molar-refractivity contribution in [3.05, 3.63) is 53.7 Å². The highest BCUT2D eigenvalue weighted by Gasteiger charge is 2.53. The van der Waals surface area contributed by atoms with E-state index < -0.39 is 11.0 Å². The summed E-state index contributed by atoms with van der Waals surface area (Å²) in [5, 5.41) is 4.95. The lowest BCUT2D eigenvalue weighted by molar-refractivity contribution is -0.120. The third-order valence-corrected chi connectivity index (χ3v) is 6.83. The molecule has 3 amide bonds. The molecule has 0 atom stereocenters. The summed E-state index contributed by atoms with van der Waals surface area (Å²) in [6, 6.07) is 13.1. The molecule has 1 saturated carbocycles. The predicted molar refractivity (Wildman–Crippen MR) is 133 cm³/mol. The molecule has 9 nitrogen and oxygen atoms in total. The maximum absolute atomic E-state index is 13.0. The van der Waals surface area contributed by atoms with Gasteiger partial charge in [0.1, 0.15) is 11.3 Å². The molecule has 2 heterocycles. The van der Waals surface area contributed by atoms with Crippen LogP contribution in [-0.2, 0) is 14.9 Å². The highest BCUT2D eigenvalue weighted by molar-refractivity contribution is 5.97. The highest BCUT2D eigenvalue weighted by atomic mass is 16.6. The van der Waals surface area contributed by atoms with Gasteiger partial charge in [0.05, 0.1) is 5.41 Å². The van der Waals surface area contributed by atoms with Gasteiger partial charge in [0.15, 0.2) is 5.58 Å². The van der Waals surface area contributed by atoms with Gasteiger partial charge in [0, 0.05) is 37.1 Å². The van der Waals surface area contributed by atoms with Gasteiger partial charge >= 0.3 is 6.09 Å². The van der Waals surface area contributed by atoms with Crippen LogP contribution in [0.4, 0.5) is 4.79 Å². The number of ether oxygens (including phenoxy) is 1. The van der Waals surface area contributed by atoms with Crippen LogP contribution in [0.25, 0.3) is 22.1 Å². The molecular formula is C27H30N4O5. The van der Waals surface area contributed by atoms with Crippen LogP contribution in [0.15, 0.2) is 47.0 Å². The normalized spacial score (nSPS) is 17.2. The fraction of sp³-hybridized carbons (Fsp3) is 0.407. The fourth-order valence-corrected chi connectivity index (χ4v) is 4.59. The Morgan fingerprint density at radius 2 is 1.56 bits per heavy atom. The molecule has 3 aromatic rings. The number of hydrogen-bond donors (Lipinski definition) is 1. The lowest BCUT2D eigenvalue weighted by atomic mass is 9.96. The Hall–Kier alpha value is -3.88. The maximum Gasteiger partial charge on any atom is 0.410 e. The molecule has 188 valence electrons. The minimum absolute atomic E-state index is 0.0677. The minimum Gasteiger partial charge on any atom is -0.444 e. The van der Waals surface area contributed by atoms with E-state index >= 15 is 0 Å². The number of nitrogens with zero attached hydrogens (tertiary/aromatic N) is 3. The first-order valence-corrected chi connectivity index (χ1v) is 12.1. The van der Waals surface area contributed by atoms with E-state index in [1.54, 1.807) is 21.9 Å². The lowest BCUT2D eigenvalue weighted by Gasteiger charge is -2.35. The van der Waals surface area contributed by atoms with Gasteiger partial charge in [0.25, 0.3) is 5.91 Å². The van der Waals surface area contributed by atoms with E-state index in [2.05, 4.69) is 5.16 Å². The summed E-state index contributed by atoms with van der Waals surface area (Å²) < 4.78 is 10.9. The van der Waals surface area contributed by atoms with Crippen molar-refractivity contribution in [1.82, 2.24) is 15.0 Å². The molecule has 1 aliphatic carbocycles. The topological polar surface area (TPSA) is 119 Å². The number of carbonyl (C=O) groups excluding carboxylic acids is 3. The summed E-state index contributed by atoms with van der Waals surface area (Å²) in [6.45, 7) is 7.30. The number of hydrogen-bond acceptors (Lipinski definition) is 6. The number of fused-ring (bicyclic) bond motifs is 1. The largest absolute Gasteiger partial charge is 0.444 e. The predicted octanol–water partition coefficient (Wildman–Crippen LogP) is 3.70. The molecule has 5 rings (SSSR count). The Kier molecular flexibility index (Phi) is 5.73. The molecule has 2 aliphatic rings. The van der Waals surface area contributed by atoms with Crippen molar-refractivity contribution in [1.29, 1.82) is 0 Å². The van der Waals surface area contributed by atoms with Crippen molar-refractivity contribution in [3.63, 3.8) is 0 Å². The summed E-state index contributed by atoms with van der Waals surface area (Å²) in [5.41, 5.74) is 7.99. The number of rotatable bonds is 4. The summed E-state index contributed by atoms with van der Waals surface area (Å²) in [4.78, 5) is 40.6. The fourth-order valence-electron chi connectivity index (χ4n) is 4.59. The second-order valence-corrected chi connectivity index (χ2v) is 10.5. The van der Waals surface area contributed by atoms with E-state index in [-0.39, 0.29) is 17.9 Å². The van der Waals surface area contributed by atoms with Gasteiger partial charge in [-0.05, 0) is 69.0 Å². The number of aromatic nitrogens is 1. The van der Waals surface area contributed by atoms with Crippen LogP contribution in [0.1, 0.15) is 49.7 Å². The zero-order valence-corrected chi connectivity index (χ0v) is 20.7. The molecule has 1 saturated heterocycles. The Labute approximate surface area is 209 Å². The average molecular weight is 491 g/mol. The molecule has 1 aromatic heterocycles. The van der Waals surface area contributed by atoms with E-state index in [4.69, 9.17) is 15.0 Å². The van der Waals surface area contributed by atoms with Crippen LogP contribution in [0.3, 0.4) is 0 Å². The van der Waals surface area contributed by atoms with E-state index in [1.165, 1.54) is 0 Å². The van der Waals surface area contributed by atoms with Crippen LogP contribution in [0.5, 0.6) is 0 Å². The minimum atomic E-state index is -0.701. The van der Waals surface area contributed by atoms with Crippen molar-refractivity contribution >= 4 is 28.9 Å². The third-order valence-electron chi connectivity index (χ3n) is 6.83.